The number of nitrogens with one attached hydrogen (secondary N) is 3. The summed E-state index contributed by atoms with van der Waals surface area (Å²) in [6, 6.07) is 15.4. The largest absolute Gasteiger partial charge is 0.352 e. The van der Waals surface area contributed by atoms with Gasteiger partial charge in [0.15, 0.2) is 0 Å². The van der Waals surface area contributed by atoms with Gasteiger partial charge in [-0.25, -0.2) is 0 Å². The quantitative estimate of drug-likeness (QED) is 0.605. The van der Waals surface area contributed by atoms with Crippen LogP contribution in [0.5, 0.6) is 0 Å². The van der Waals surface area contributed by atoms with E-state index < -0.39 is 0 Å². The summed E-state index contributed by atoms with van der Waals surface area (Å²) in [6.07, 6.45) is 2.07. The van der Waals surface area contributed by atoms with E-state index in [0.717, 1.165) is 49.3 Å². The van der Waals surface area contributed by atoms with Crippen LogP contribution >= 0.6 is 0 Å². The fourth-order valence-corrected chi connectivity index (χ4v) is 2.52. The van der Waals surface area contributed by atoms with Gasteiger partial charge < -0.3 is 16.0 Å². The second-order valence-electron chi connectivity index (χ2n) is 6.29. The summed E-state index contributed by atoms with van der Waals surface area (Å²) in [6.45, 7) is 5.78. The molecule has 0 bridgehead atoms. The lowest BCUT2D eigenvalue weighted by Crippen LogP contribution is -2.24. The van der Waals surface area contributed by atoms with Crippen molar-refractivity contribution in [1.82, 2.24) is 10.6 Å². The lowest BCUT2D eigenvalue weighted by Gasteiger charge is -2.08. The summed E-state index contributed by atoms with van der Waals surface area (Å²) < 4.78 is 0. The number of hydrogen-bond acceptors (Lipinski definition) is 3. The van der Waals surface area contributed by atoms with Crippen LogP contribution in [0.3, 0.4) is 0 Å². The number of benzene rings is 2. The van der Waals surface area contributed by atoms with Crippen molar-refractivity contribution in [3.05, 3.63) is 65.2 Å². The van der Waals surface area contributed by atoms with E-state index in [1.54, 1.807) is 0 Å². The topological polar surface area (TPSA) is 70.2 Å². The average molecular weight is 353 g/mol. The monoisotopic (exact) mass is 353 g/mol. The van der Waals surface area contributed by atoms with Crippen LogP contribution in [0, 0.1) is 0 Å². The molecule has 0 heterocycles. The van der Waals surface area contributed by atoms with Gasteiger partial charge in [0.25, 0.3) is 5.91 Å². The van der Waals surface area contributed by atoms with Gasteiger partial charge in [-0.05, 0) is 41.8 Å². The second-order valence-corrected chi connectivity index (χ2v) is 6.29. The van der Waals surface area contributed by atoms with E-state index in [0.29, 0.717) is 5.56 Å². The zero-order valence-corrected chi connectivity index (χ0v) is 15.5. The molecule has 0 unspecified atom stereocenters. The first kappa shape index (κ1) is 19.7. The lowest BCUT2D eigenvalue weighted by atomic mass is 10.1. The molecule has 0 aliphatic carbocycles. The fourth-order valence-electron chi connectivity index (χ4n) is 2.52. The Morgan fingerprint density at radius 2 is 1.46 bits per heavy atom. The molecule has 2 rings (SSSR count). The predicted octanol–water partition coefficient (Wildman–Crippen LogP) is 3.46. The third-order valence-corrected chi connectivity index (χ3v) is 3.96. The Bertz CT molecular complexity index is 709. The van der Waals surface area contributed by atoms with Gasteiger partial charge in [-0.3, -0.25) is 9.59 Å². The molecule has 5 nitrogen and oxygen atoms in total. The molecule has 0 spiro atoms. The predicted molar refractivity (Wildman–Crippen MR) is 105 cm³/mol. The highest BCUT2D eigenvalue weighted by Gasteiger charge is 2.04. The van der Waals surface area contributed by atoms with Gasteiger partial charge in [0, 0.05) is 37.8 Å². The van der Waals surface area contributed by atoms with Crippen LogP contribution in [-0.4, -0.2) is 18.4 Å². The molecule has 138 valence electrons. The molecule has 26 heavy (non-hydrogen) atoms. The van der Waals surface area contributed by atoms with Crippen molar-refractivity contribution in [1.29, 1.82) is 0 Å². The van der Waals surface area contributed by atoms with Gasteiger partial charge in [0.1, 0.15) is 0 Å². The van der Waals surface area contributed by atoms with Crippen LogP contribution in [0.25, 0.3) is 0 Å². The van der Waals surface area contributed by atoms with Crippen molar-refractivity contribution in [2.45, 2.75) is 39.8 Å². The molecule has 2 amide bonds. The summed E-state index contributed by atoms with van der Waals surface area (Å²) in [5.41, 5.74) is 3.77. The van der Waals surface area contributed by atoms with E-state index in [1.807, 2.05) is 48.5 Å². The Kier molecular flexibility index (Phi) is 7.83. The van der Waals surface area contributed by atoms with Gasteiger partial charge in [-0.2, -0.15) is 0 Å². The van der Waals surface area contributed by atoms with Gasteiger partial charge in [0.05, 0.1) is 0 Å². The average Bonchev–Trinajstić information content (AvgIpc) is 2.63. The molecule has 3 N–H and O–H groups in total. The number of rotatable bonds is 9. The van der Waals surface area contributed by atoms with Gasteiger partial charge in [-0.1, -0.05) is 37.6 Å². The second kappa shape index (κ2) is 10.4. The third kappa shape index (κ3) is 6.69. The van der Waals surface area contributed by atoms with Crippen molar-refractivity contribution in [2.24, 2.45) is 0 Å². The summed E-state index contributed by atoms with van der Waals surface area (Å²) in [4.78, 5) is 23.0. The normalized spacial score (nSPS) is 10.4. The van der Waals surface area contributed by atoms with Crippen LogP contribution in [0.2, 0.25) is 0 Å². The summed E-state index contributed by atoms with van der Waals surface area (Å²) in [5.74, 6) is -0.0874. The molecule has 0 aromatic heterocycles. The zero-order valence-electron chi connectivity index (χ0n) is 15.5. The van der Waals surface area contributed by atoms with Gasteiger partial charge in [-0.15, -0.1) is 0 Å². The molecule has 0 saturated carbocycles. The van der Waals surface area contributed by atoms with E-state index in [4.69, 9.17) is 0 Å². The number of amides is 2. The molecule has 0 fully saturated rings. The SMILES string of the molecule is CCCCNC(=O)c1ccc(CNCc2ccc(NC(C)=O)cc2)cc1. The van der Waals surface area contributed by atoms with Crippen LogP contribution < -0.4 is 16.0 Å². The van der Waals surface area contributed by atoms with Crippen LogP contribution in [0.1, 0.15) is 48.2 Å². The zero-order chi connectivity index (χ0) is 18.8. The molecule has 0 aliphatic heterocycles. The van der Waals surface area contributed by atoms with E-state index in [2.05, 4.69) is 22.9 Å². The van der Waals surface area contributed by atoms with Crippen molar-refractivity contribution in [3.8, 4) is 0 Å². The fraction of sp³-hybridized carbons (Fsp3) is 0.333. The maximum absolute atomic E-state index is 12.0. The van der Waals surface area contributed by atoms with Gasteiger partial charge in [0.2, 0.25) is 5.91 Å². The molecular weight excluding hydrogens is 326 g/mol. The number of carbonyl (C=O) groups is 2. The number of hydrogen-bond donors (Lipinski definition) is 3. The standard InChI is InChI=1S/C21H27N3O2/c1-3-4-13-23-21(26)19-9-5-17(6-10-19)14-22-15-18-7-11-20(12-8-18)24-16(2)25/h5-12,22H,3-4,13-15H2,1-2H3,(H,23,26)(H,24,25). The first-order valence-electron chi connectivity index (χ1n) is 9.03. The highest BCUT2D eigenvalue weighted by atomic mass is 16.2. The molecule has 0 atom stereocenters. The van der Waals surface area contributed by atoms with Crippen molar-refractivity contribution in [2.75, 3.05) is 11.9 Å². The molecular formula is C21H27N3O2. The first-order chi connectivity index (χ1) is 12.6. The number of carbonyl (C=O) groups excluding carboxylic acids is 2. The van der Waals surface area contributed by atoms with Crippen molar-refractivity contribution >= 4 is 17.5 Å². The Morgan fingerprint density at radius 3 is 2.00 bits per heavy atom. The summed E-state index contributed by atoms with van der Waals surface area (Å²) in [5, 5.41) is 9.05. The van der Waals surface area contributed by atoms with E-state index in [9.17, 15) is 9.59 Å². The Labute approximate surface area is 155 Å². The molecule has 2 aromatic rings. The number of anilines is 1. The minimum Gasteiger partial charge on any atom is -0.352 e. The van der Waals surface area contributed by atoms with Crippen molar-refractivity contribution < 1.29 is 9.59 Å². The Morgan fingerprint density at radius 1 is 0.885 bits per heavy atom. The highest BCUT2D eigenvalue weighted by molar-refractivity contribution is 5.94. The minimum atomic E-state index is -0.0710. The summed E-state index contributed by atoms with van der Waals surface area (Å²) >= 11 is 0. The van der Waals surface area contributed by atoms with Crippen LogP contribution in [0.15, 0.2) is 48.5 Å². The molecule has 0 saturated heterocycles. The Balaban J connectivity index is 1.77. The van der Waals surface area contributed by atoms with E-state index in [-0.39, 0.29) is 11.8 Å². The van der Waals surface area contributed by atoms with Gasteiger partial charge >= 0.3 is 0 Å². The van der Waals surface area contributed by atoms with Crippen LogP contribution in [-0.2, 0) is 17.9 Å². The highest BCUT2D eigenvalue weighted by Crippen LogP contribution is 2.10. The lowest BCUT2D eigenvalue weighted by molar-refractivity contribution is -0.114. The maximum atomic E-state index is 12.0. The van der Waals surface area contributed by atoms with Crippen LogP contribution in [0.4, 0.5) is 5.69 Å². The first-order valence-corrected chi connectivity index (χ1v) is 9.03. The van der Waals surface area contributed by atoms with E-state index >= 15 is 0 Å². The van der Waals surface area contributed by atoms with Crippen molar-refractivity contribution in [3.63, 3.8) is 0 Å². The smallest absolute Gasteiger partial charge is 0.251 e. The maximum Gasteiger partial charge on any atom is 0.251 e. The summed E-state index contributed by atoms with van der Waals surface area (Å²) in [7, 11) is 0. The van der Waals surface area contributed by atoms with E-state index in [1.165, 1.54) is 6.92 Å². The molecule has 2 aromatic carbocycles. The molecule has 0 radical (unpaired) electrons. The molecule has 0 aliphatic rings. The third-order valence-electron chi connectivity index (χ3n) is 3.96. The number of unbranched alkanes of at least 4 members (excludes halogenated alkanes) is 1. The minimum absolute atomic E-state index is 0.0165. The molecule has 5 heteroatoms. The Hall–Kier alpha value is -2.66.